The highest BCUT2D eigenvalue weighted by Gasteiger charge is 2.21. The largest absolute Gasteiger partial charge is 0.353 e. The number of aryl methyl sites for hydroxylation is 2. The third-order valence-electron chi connectivity index (χ3n) is 4.43. The number of carbonyl (C=O) groups excluding carboxylic acids is 1. The Morgan fingerprint density at radius 1 is 1.23 bits per heavy atom. The van der Waals surface area contributed by atoms with E-state index in [9.17, 15) is 4.79 Å². The van der Waals surface area contributed by atoms with Gasteiger partial charge in [-0.15, -0.1) is 0 Å². The molecule has 0 atom stereocenters. The number of hydrogen-bond acceptors (Lipinski definition) is 6. The Bertz CT molecular complexity index is 711. The summed E-state index contributed by atoms with van der Waals surface area (Å²) in [6.07, 6.45) is 5.55. The fraction of sp³-hybridized carbons (Fsp3) is 0.556. The molecular formula is C18H24BrN5O2. The zero-order chi connectivity index (χ0) is 18.4. The molecule has 1 amide bonds. The van der Waals surface area contributed by atoms with Crippen LogP contribution in [0.15, 0.2) is 27.3 Å². The number of nitrogens with zero attached hydrogens (tertiary/aromatic N) is 5. The zero-order valence-electron chi connectivity index (χ0n) is 15.0. The van der Waals surface area contributed by atoms with Gasteiger partial charge in [-0.2, -0.15) is 4.98 Å². The Morgan fingerprint density at radius 2 is 2.04 bits per heavy atom. The van der Waals surface area contributed by atoms with Crippen LogP contribution in [0.5, 0.6) is 0 Å². The SMILES string of the molecule is CCCc1noc(CCCC(=O)N2CCN(c3ccc(Br)cn3)CC2)n1. The van der Waals surface area contributed by atoms with Gasteiger partial charge in [-0.25, -0.2) is 4.98 Å². The number of pyridine rings is 1. The number of hydrogen-bond donors (Lipinski definition) is 0. The average molecular weight is 422 g/mol. The Hall–Kier alpha value is -1.96. The molecule has 0 saturated carbocycles. The van der Waals surface area contributed by atoms with E-state index in [0.29, 0.717) is 18.7 Å². The molecule has 0 spiro atoms. The topological polar surface area (TPSA) is 75.4 Å². The number of rotatable bonds is 7. The first-order chi connectivity index (χ1) is 12.7. The lowest BCUT2D eigenvalue weighted by molar-refractivity contribution is -0.131. The third-order valence-corrected chi connectivity index (χ3v) is 4.90. The van der Waals surface area contributed by atoms with Gasteiger partial charge in [0.15, 0.2) is 5.82 Å². The van der Waals surface area contributed by atoms with Crippen LogP contribution in [0, 0.1) is 0 Å². The maximum atomic E-state index is 12.4. The van der Waals surface area contributed by atoms with E-state index < -0.39 is 0 Å². The highest BCUT2D eigenvalue weighted by molar-refractivity contribution is 9.10. The normalized spacial score (nSPS) is 14.7. The van der Waals surface area contributed by atoms with Crippen LogP contribution in [0.25, 0.3) is 0 Å². The number of halogens is 1. The number of anilines is 1. The second-order valence-electron chi connectivity index (χ2n) is 6.41. The predicted octanol–water partition coefficient (Wildman–Crippen LogP) is 2.85. The van der Waals surface area contributed by atoms with Gasteiger partial charge < -0.3 is 14.3 Å². The summed E-state index contributed by atoms with van der Waals surface area (Å²) in [6, 6.07) is 3.99. The molecule has 0 unspecified atom stereocenters. The van der Waals surface area contributed by atoms with Gasteiger partial charge in [-0.3, -0.25) is 4.79 Å². The fourth-order valence-electron chi connectivity index (χ4n) is 3.01. The molecule has 0 bridgehead atoms. The molecule has 0 aliphatic carbocycles. The lowest BCUT2D eigenvalue weighted by Crippen LogP contribution is -2.49. The van der Waals surface area contributed by atoms with Crippen molar-refractivity contribution in [3.8, 4) is 0 Å². The molecule has 1 aliphatic rings. The second-order valence-corrected chi connectivity index (χ2v) is 7.33. The average Bonchev–Trinajstić information content (AvgIpc) is 3.10. The second kappa shape index (κ2) is 9.12. The van der Waals surface area contributed by atoms with Crippen molar-refractivity contribution in [2.24, 2.45) is 0 Å². The smallest absolute Gasteiger partial charge is 0.226 e. The van der Waals surface area contributed by atoms with Crippen molar-refractivity contribution in [3.63, 3.8) is 0 Å². The molecule has 0 radical (unpaired) electrons. The molecule has 3 heterocycles. The third kappa shape index (κ3) is 5.03. The molecule has 1 aliphatic heterocycles. The van der Waals surface area contributed by atoms with Gasteiger partial charge in [0.1, 0.15) is 5.82 Å². The van der Waals surface area contributed by atoms with Crippen molar-refractivity contribution >= 4 is 27.7 Å². The summed E-state index contributed by atoms with van der Waals surface area (Å²) in [5.74, 6) is 2.54. The van der Waals surface area contributed by atoms with Crippen LogP contribution in [0.1, 0.15) is 37.9 Å². The van der Waals surface area contributed by atoms with Gasteiger partial charge in [0.05, 0.1) is 0 Å². The van der Waals surface area contributed by atoms with Crippen molar-refractivity contribution in [2.75, 3.05) is 31.1 Å². The Balaban J connectivity index is 1.39. The minimum absolute atomic E-state index is 0.196. The van der Waals surface area contributed by atoms with Crippen LogP contribution >= 0.6 is 15.9 Å². The van der Waals surface area contributed by atoms with Crippen LogP contribution < -0.4 is 4.90 Å². The number of piperazine rings is 1. The van der Waals surface area contributed by atoms with E-state index in [2.05, 4.69) is 42.9 Å². The van der Waals surface area contributed by atoms with Gasteiger partial charge >= 0.3 is 0 Å². The van der Waals surface area contributed by atoms with Gasteiger partial charge in [0, 0.05) is 56.1 Å². The Morgan fingerprint density at radius 3 is 2.73 bits per heavy atom. The number of aromatic nitrogens is 3. The highest BCUT2D eigenvalue weighted by atomic mass is 79.9. The lowest BCUT2D eigenvalue weighted by Gasteiger charge is -2.35. The van der Waals surface area contributed by atoms with E-state index in [4.69, 9.17) is 4.52 Å². The number of carbonyl (C=O) groups is 1. The van der Waals surface area contributed by atoms with E-state index in [1.165, 1.54) is 0 Å². The molecule has 3 rings (SSSR count). The predicted molar refractivity (Wildman–Crippen MR) is 102 cm³/mol. The highest BCUT2D eigenvalue weighted by Crippen LogP contribution is 2.17. The molecule has 2 aromatic heterocycles. The summed E-state index contributed by atoms with van der Waals surface area (Å²) in [5, 5.41) is 3.94. The molecule has 7 nitrogen and oxygen atoms in total. The van der Waals surface area contributed by atoms with Gasteiger partial charge in [0.2, 0.25) is 11.8 Å². The molecule has 1 fully saturated rings. The molecule has 0 aromatic carbocycles. The summed E-state index contributed by atoms with van der Waals surface area (Å²) in [6.45, 7) is 5.17. The summed E-state index contributed by atoms with van der Waals surface area (Å²) in [7, 11) is 0. The number of amides is 1. The van der Waals surface area contributed by atoms with Gasteiger partial charge in [0.25, 0.3) is 0 Å². The van der Waals surface area contributed by atoms with Crippen LogP contribution in [-0.2, 0) is 17.6 Å². The summed E-state index contributed by atoms with van der Waals surface area (Å²) in [4.78, 5) is 25.3. The van der Waals surface area contributed by atoms with E-state index >= 15 is 0 Å². The minimum Gasteiger partial charge on any atom is -0.353 e. The van der Waals surface area contributed by atoms with Gasteiger partial charge in [-0.05, 0) is 40.9 Å². The standard InChI is InChI=1S/C18H24BrN5O2/c1-2-4-15-21-17(26-22-15)5-3-6-18(25)24-11-9-23(10-12-24)16-8-7-14(19)13-20-16/h7-8,13H,2-6,9-12H2,1H3. The van der Waals surface area contributed by atoms with Crippen molar-refractivity contribution in [1.29, 1.82) is 0 Å². The van der Waals surface area contributed by atoms with Crippen LogP contribution in [-0.4, -0.2) is 52.1 Å². The molecule has 140 valence electrons. The van der Waals surface area contributed by atoms with E-state index in [0.717, 1.165) is 61.6 Å². The molecular weight excluding hydrogens is 398 g/mol. The molecule has 1 saturated heterocycles. The van der Waals surface area contributed by atoms with Crippen molar-refractivity contribution in [3.05, 3.63) is 34.5 Å². The first-order valence-corrected chi connectivity index (χ1v) is 9.90. The van der Waals surface area contributed by atoms with Crippen LogP contribution in [0.3, 0.4) is 0 Å². The maximum Gasteiger partial charge on any atom is 0.226 e. The van der Waals surface area contributed by atoms with E-state index in [1.54, 1.807) is 6.20 Å². The van der Waals surface area contributed by atoms with Crippen molar-refractivity contribution in [1.82, 2.24) is 20.0 Å². The summed E-state index contributed by atoms with van der Waals surface area (Å²) < 4.78 is 6.18. The van der Waals surface area contributed by atoms with Crippen LogP contribution in [0.4, 0.5) is 5.82 Å². The first kappa shape index (κ1) is 18.8. The summed E-state index contributed by atoms with van der Waals surface area (Å²) >= 11 is 3.40. The quantitative estimate of drug-likeness (QED) is 0.683. The van der Waals surface area contributed by atoms with Gasteiger partial charge in [-0.1, -0.05) is 12.1 Å². The summed E-state index contributed by atoms with van der Waals surface area (Å²) in [5.41, 5.74) is 0. The molecule has 2 aromatic rings. The van der Waals surface area contributed by atoms with Crippen molar-refractivity contribution in [2.45, 2.75) is 39.0 Å². The Labute approximate surface area is 161 Å². The zero-order valence-corrected chi connectivity index (χ0v) is 16.6. The lowest BCUT2D eigenvalue weighted by atomic mass is 10.2. The molecule has 8 heteroatoms. The fourth-order valence-corrected chi connectivity index (χ4v) is 3.24. The van der Waals surface area contributed by atoms with E-state index in [-0.39, 0.29) is 5.91 Å². The molecule has 26 heavy (non-hydrogen) atoms. The Kier molecular flexibility index (Phi) is 6.60. The monoisotopic (exact) mass is 421 g/mol. The van der Waals surface area contributed by atoms with Crippen molar-refractivity contribution < 1.29 is 9.32 Å². The first-order valence-electron chi connectivity index (χ1n) is 9.11. The van der Waals surface area contributed by atoms with Crippen LogP contribution in [0.2, 0.25) is 0 Å². The molecule has 0 N–H and O–H groups in total. The minimum atomic E-state index is 0.196. The van der Waals surface area contributed by atoms with E-state index in [1.807, 2.05) is 17.0 Å². The maximum absolute atomic E-state index is 12.4.